The van der Waals surface area contributed by atoms with Crippen LogP contribution in [0, 0.1) is 17.2 Å². The van der Waals surface area contributed by atoms with Crippen LogP contribution in [-0.4, -0.2) is 78.7 Å². The third kappa shape index (κ3) is 3.78. The fourth-order valence-corrected chi connectivity index (χ4v) is 6.78. The van der Waals surface area contributed by atoms with Crippen LogP contribution in [0.3, 0.4) is 0 Å². The predicted octanol–water partition coefficient (Wildman–Crippen LogP) is 0.753. The van der Waals surface area contributed by atoms with Gasteiger partial charge in [-0.25, -0.2) is 25.5 Å². The highest BCUT2D eigenvalue weighted by molar-refractivity contribution is 7.89. The summed E-state index contributed by atoms with van der Waals surface area (Å²) in [5, 5.41) is 0. The zero-order valence-electron chi connectivity index (χ0n) is 16.1. The monoisotopic (exact) mass is 436 g/mol. The van der Waals surface area contributed by atoms with Crippen LogP contribution in [0.2, 0.25) is 0 Å². The van der Waals surface area contributed by atoms with Gasteiger partial charge < -0.3 is 9.47 Å². The van der Waals surface area contributed by atoms with Crippen LogP contribution < -0.4 is 4.74 Å². The van der Waals surface area contributed by atoms with Gasteiger partial charge in [-0.2, -0.15) is 4.31 Å². The lowest BCUT2D eigenvalue weighted by molar-refractivity contribution is 0.0208. The summed E-state index contributed by atoms with van der Waals surface area (Å²) in [5.41, 5.74) is -0.435. The number of rotatable bonds is 6. The summed E-state index contributed by atoms with van der Waals surface area (Å²) in [6.45, 7) is 1.22. The molecule has 11 heteroatoms. The van der Waals surface area contributed by atoms with Crippen molar-refractivity contribution in [3.05, 3.63) is 24.0 Å². The van der Waals surface area contributed by atoms with E-state index >= 15 is 0 Å². The van der Waals surface area contributed by atoms with Gasteiger partial charge in [-0.1, -0.05) is 0 Å². The van der Waals surface area contributed by atoms with Gasteiger partial charge in [-0.05, 0) is 30.5 Å². The third-order valence-electron chi connectivity index (χ3n) is 5.71. The second-order valence-electron chi connectivity index (χ2n) is 7.46. The minimum atomic E-state index is -4.00. The molecule has 0 aliphatic carbocycles. The van der Waals surface area contributed by atoms with Crippen LogP contribution in [-0.2, 0) is 24.8 Å². The zero-order valence-corrected chi connectivity index (χ0v) is 17.7. The number of ether oxygens (including phenoxy) is 2. The van der Waals surface area contributed by atoms with E-state index in [1.807, 2.05) is 0 Å². The third-order valence-corrected chi connectivity index (χ3v) is 8.81. The topological polar surface area (TPSA) is 93.2 Å². The maximum absolute atomic E-state index is 13.7. The Balaban J connectivity index is 1.92. The van der Waals surface area contributed by atoms with Gasteiger partial charge >= 0.3 is 0 Å². The first kappa shape index (κ1) is 21.4. The van der Waals surface area contributed by atoms with Crippen molar-refractivity contribution < 1.29 is 30.7 Å². The van der Waals surface area contributed by atoms with Crippen LogP contribution in [0.15, 0.2) is 23.1 Å². The largest absolute Gasteiger partial charge is 0.495 e. The molecular formula is C17H25FN2O6S2. The van der Waals surface area contributed by atoms with Crippen molar-refractivity contribution in [2.45, 2.75) is 11.3 Å². The van der Waals surface area contributed by atoms with Gasteiger partial charge in [0.05, 0.1) is 20.0 Å². The van der Waals surface area contributed by atoms with Crippen LogP contribution in [0.25, 0.3) is 0 Å². The normalized spacial score (nSPS) is 26.9. The minimum absolute atomic E-state index is 0.0688. The Hall–Kier alpha value is -1.27. The first-order valence-corrected chi connectivity index (χ1v) is 12.1. The molecule has 0 aromatic heterocycles. The molecule has 28 heavy (non-hydrogen) atoms. The standard InChI is InChI=1S/C17H25FN2O6S2/c1-25-12-17-6-7-19(9-13(17)10-20(11-17)27(3,21)22)28(23,24)16-8-14(18)4-5-15(16)26-2/h4-5,8,13H,6-7,9-12H2,1-3H3. The van der Waals surface area contributed by atoms with Gasteiger partial charge in [-0.15, -0.1) is 0 Å². The number of sulfonamides is 2. The molecule has 2 saturated heterocycles. The highest BCUT2D eigenvalue weighted by atomic mass is 32.2. The molecule has 0 radical (unpaired) electrons. The first-order chi connectivity index (χ1) is 13.0. The Kier molecular flexibility index (Phi) is 5.76. The van der Waals surface area contributed by atoms with Crippen LogP contribution in [0.4, 0.5) is 4.39 Å². The van der Waals surface area contributed by atoms with Crippen molar-refractivity contribution in [2.24, 2.45) is 11.3 Å². The van der Waals surface area contributed by atoms with Gasteiger partial charge in [0.2, 0.25) is 20.0 Å². The van der Waals surface area contributed by atoms with E-state index in [9.17, 15) is 21.2 Å². The minimum Gasteiger partial charge on any atom is -0.495 e. The quantitative estimate of drug-likeness (QED) is 0.654. The molecule has 2 aliphatic rings. The van der Waals surface area contributed by atoms with Crippen molar-refractivity contribution in [2.75, 3.05) is 53.3 Å². The molecule has 0 amide bonds. The Morgan fingerprint density at radius 3 is 2.46 bits per heavy atom. The molecular weight excluding hydrogens is 411 g/mol. The van der Waals surface area contributed by atoms with Gasteiger partial charge in [0.15, 0.2) is 0 Å². The summed E-state index contributed by atoms with van der Waals surface area (Å²) in [7, 11) is -4.52. The zero-order chi connectivity index (χ0) is 20.7. The number of benzene rings is 1. The molecule has 2 heterocycles. The van der Waals surface area contributed by atoms with E-state index in [-0.39, 0.29) is 36.2 Å². The Bertz CT molecular complexity index is 952. The van der Waals surface area contributed by atoms with Crippen LogP contribution >= 0.6 is 0 Å². The van der Waals surface area contributed by atoms with E-state index in [0.29, 0.717) is 19.6 Å². The second kappa shape index (κ2) is 7.52. The summed E-state index contributed by atoms with van der Waals surface area (Å²) in [4.78, 5) is -0.229. The van der Waals surface area contributed by atoms with E-state index in [4.69, 9.17) is 9.47 Å². The van der Waals surface area contributed by atoms with Gasteiger partial charge in [-0.3, -0.25) is 0 Å². The van der Waals surface area contributed by atoms with E-state index in [2.05, 4.69) is 0 Å². The lowest BCUT2D eigenvalue weighted by Crippen LogP contribution is -2.50. The van der Waals surface area contributed by atoms with Crippen LogP contribution in [0.5, 0.6) is 5.75 Å². The summed E-state index contributed by atoms with van der Waals surface area (Å²) in [6.07, 6.45) is 1.60. The van der Waals surface area contributed by atoms with E-state index in [0.717, 1.165) is 18.4 Å². The Morgan fingerprint density at radius 1 is 1.18 bits per heavy atom. The van der Waals surface area contributed by atoms with E-state index in [1.54, 1.807) is 7.11 Å². The average molecular weight is 437 g/mol. The number of fused-ring (bicyclic) bond motifs is 1. The predicted molar refractivity (Wildman–Crippen MR) is 101 cm³/mol. The summed E-state index contributed by atoms with van der Waals surface area (Å²) in [6, 6.07) is 3.36. The number of nitrogens with zero attached hydrogens (tertiary/aromatic N) is 2. The lowest BCUT2D eigenvalue weighted by Gasteiger charge is -2.42. The lowest BCUT2D eigenvalue weighted by atomic mass is 9.74. The van der Waals surface area contributed by atoms with Gasteiger partial charge in [0, 0.05) is 38.7 Å². The second-order valence-corrected chi connectivity index (χ2v) is 11.3. The molecule has 8 nitrogen and oxygen atoms in total. The van der Waals surface area contributed by atoms with Crippen LogP contribution in [0.1, 0.15) is 6.42 Å². The molecule has 158 valence electrons. The molecule has 2 atom stereocenters. The fraction of sp³-hybridized carbons (Fsp3) is 0.647. The molecule has 0 spiro atoms. The maximum atomic E-state index is 13.7. The Labute approximate surface area is 165 Å². The van der Waals surface area contributed by atoms with Crippen molar-refractivity contribution in [3.8, 4) is 5.75 Å². The molecule has 2 fully saturated rings. The molecule has 2 aliphatic heterocycles. The molecule has 1 aromatic carbocycles. The average Bonchev–Trinajstić information content (AvgIpc) is 3.01. The molecule has 0 saturated carbocycles. The number of hydrogen-bond donors (Lipinski definition) is 0. The van der Waals surface area contributed by atoms with E-state index in [1.165, 1.54) is 21.8 Å². The summed E-state index contributed by atoms with van der Waals surface area (Å²) < 4.78 is 77.2. The molecule has 3 rings (SSSR count). The van der Waals surface area contributed by atoms with Crippen molar-refractivity contribution >= 4 is 20.0 Å². The molecule has 0 N–H and O–H groups in total. The van der Waals surface area contributed by atoms with Gasteiger partial charge in [0.25, 0.3) is 0 Å². The number of halogens is 1. The highest BCUT2D eigenvalue weighted by Crippen LogP contribution is 2.45. The molecule has 1 aromatic rings. The Morgan fingerprint density at radius 2 is 1.86 bits per heavy atom. The highest BCUT2D eigenvalue weighted by Gasteiger charge is 2.53. The fourth-order valence-electron chi connectivity index (χ4n) is 4.19. The molecule has 0 bridgehead atoms. The van der Waals surface area contributed by atoms with Crippen molar-refractivity contribution in [1.82, 2.24) is 8.61 Å². The van der Waals surface area contributed by atoms with Crippen molar-refractivity contribution in [1.29, 1.82) is 0 Å². The summed E-state index contributed by atoms with van der Waals surface area (Å²) >= 11 is 0. The van der Waals surface area contributed by atoms with E-state index < -0.39 is 31.3 Å². The number of methoxy groups -OCH3 is 2. The first-order valence-electron chi connectivity index (χ1n) is 8.81. The maximum Gasteiger partial charge on any atom is 0.246 e. The molecule has 2 unspecified atom stereocenters. The smallest absolute Gasteiger partial charge is 0.246 e. The number of hydrogen-bond acceptors (Lipinski definition) is 6. The SMILES string of the molecule is COCC12CCN(S(=O)(=O)c3cc(F)ccc3OC)CC1CN(S(C)(=O)=O)C2. The number of piperidine rings is 1. The summed E-state index contributed by atoms with van der Waals surface area (Å²) in [5.74, 6) is -0.821. The van der Waals surface area contributed by atoms with Crippen molar-refractivity contribution in [3.63, 3.8) is 0 Å². The van der Waals surface area contributed by atoms with Gasteiger partial charge in [0.1, 0.15) is 16.5 Å².